The fourth-order valence-electron chi connectivity index (χ4n) is 2.75. The quantitative estimate of drug-likeness (QED) is 0.726. The Morgan fingerprint density at radius 2 is 1.96 bits per heavy atom. The van der Waals surface area contributed by atoms with E-state index in [1.807, 2.05) is 24.3 Å². The summed E-state index contributed by atoms with van der Waals surface area (Å²) in [5.41, 5.74) is 1.75. The molecule has 1 aliphatic heterocycles. The molecule has 0 saturated heterocycles. The number of ether oxygens (including phenoxy) is 1. The summed E-state index contributed by atoms with van der Waals surface area (Å²) in [5, 5.41) is 1.96. The van der Waals surface area contributed by atoms with Gasteiger partial charge < -0.3 is 4.74 Å². The molecule has 0 bridgehead atoms. The predicted molar refractivity (Wildman–Crippen MR) is 97.3 cm³/mol. The van der Waals surface area contributed by atoms with Gasteiger partial charge in [-0.15, -0.1) is 11.3 Å². The van der Waals surface area contributed by atoms with Crippen molar-refractivity contribution in [3.05, 3.63) is 65.3 Å². The lowest BCUT2D eigenvalue weighted by Gasteiger charge is -2.11. The van der Waals surface area contributed by atoms with Crippen LogP contribution in [0.2, 0.25) is 0 Å². The molecule has 1 atom stereocenters. The van der Waals surface area contributed by atoms with Gasteiger partial charge >= 0.3 is 0 Å². The Hall–Kier alpha value is -2.29. The van der Waals surface area contributed by atoms with Crippen molar-refractivity contribution < 1.29 is 17.5 Å². The molecule has 0 fully saturated rings. The number of rotatable bonds is 5. The lowest BCUT2D eigenvalue weighted by molar-refractivity contribution is 0.236. The summed E-state index contributed by atoms with van der Waals surface area (Å²) in [5.74, 6) is 0.446. The van der Waals surface area contributed by atoms with Gasteiger partial charge in [-0.2, -0.15) is 0 Å². The maximum atomic E-state index is 13.0. The summed E-state index contributed by atoms with van der Waals surface area (Å²) in [7, 11) is -3.74. The van der Waals surface area contributed by atoms with Gasteiger partial charge in [0.25, 0.3) is 10.0 Å². The van der Waals surface area contributed by atoms with Crippen molar-refractivity contribution in [1.29, 1.82) is 0 Å². The van der Waals surface area contributed by atoms with Crippen LogP contribution in [-0.2, 0) is 16.4 Å². The summed E-state index contributed by atoms with van der Waals surface area (Å²) in [6.45, 7) is 0.167. The number of thiazole rings is 1. The first-order valence-electron chi connectivity index (χ1n) is 7.97. The highest BCUT2D eigenvalue weighted by molar-refractivity contribution is 7.89. The molecule has 0 amide bonds. The minimum Gasteiger partial charge on any atom is -0.488 e. The minimum atomic E-state index is -3.74. The van der Waals surface area contributed by atoms with Gasteiger partial charge in [-0.3, -0.25) is 0 Å². The smallest absolute Gasteiger partial charge is 0.259 e. The van der Waals surface area contributed by atoms with Gasteiger partial charge in [-0.05, 0) is 35.9 Å². The van der Waals surface area contributed by atoms with Crippen LogP contribution in [0.25, 0.3) is 10.6 Å². The number of nitrogens with one attached hydrogen (secondary N) is 1. The van der Waals surface area contributed by atoms with Crippen LogP contribution in [0.15, 0.2) is 58.9 Å². The first-order valence-corrected chi connectivity index (χ1v) is 10.3. The van der Waals surface area contributed by atoms with Crippen molar-refractivity contribution in [2.45, 2.75) is 17.6 Å². The molecule has 0 aliphatic carbocycles. The lowest BCUT2D eigenvalue weighted by atomic mass is 10.1. The maximum absolute atomic E-state index is 13.0. The zero-order valence-corrected chi connectivity index (χ0v) is 15.2. The number of hydrogen-bond acceptors (Lipinski definition) is 5. The van der Waals surface area contributed by atoms with Gasteiger partial charge in [0.15, 0.2) is 5.03 Å². The molecule has 1 aromatic heterocycles. The fourth-order valence-corrected chi connectivity index (χ4v) is 4.91. The van der Waals surface area contributed by atoms with Gasteiger partial charge in [0.1, 0.15) is 22.7 Å². The van der Waals surface area contributed by atoms with Gasteiger partial charge in [0, 0.05) is 23.9 Å². The van der Waals surface area contributed by atoms with Gasteiger partial charge in [-0.1, -0.05) is 18.2 Å². The molecule has 26 heavy (non-hydrogen) atoms. The molecule has 1 unspecified atom stereocenters. The Morgan fingerprint density at radius 1 is 1.19 bits per heavy atom. The second-order valence-corrected chi connectivity index (χ2v) is 8.47. The second kappa shape index (κ2) is 6.79. The Morgan fingerprint density at radius 3 is 2.73 bits per heavy atom. The highest BCUT2D eigenvalue weighted by Crippen LogP contribution is 2.28. The Bertz CT molecular complexity index is 1010. The number of halogens is 1. The third-order valence-corrected chi connectivity index (χ3v) is 6.41. The van der Waals surface area contributed by atoms with Crippen LogP contribution in [0.5, 0.6) is 5.75 Å². The van der Waals surface area contributed by atoms with E-state index in [2.05, 4.69) is 9.71 Å². The Kier molecular flexibility index (Phi) is 4.47. The Labute approximate surface area is 154 Å². The molecule has 2 aromatic carbocycles. The first kappa shape index (κ1) is 17.1. The van der Waals surface area contributed by atoms with Crippen molar-refractivity contribution in [1.82, 2.24) is 9.71 Å². The molecule has 3 aromatic rings. The largest absolute Gasteiger partial charge is 0.488 e. The van der Waals surface area contributed by atoms with E-state index in [0.29, 0.717) is 17.0 Å². The van der Waals surface area contributed by atoms with Crippen molar-refractivity contribution in [2.24, 2.45) is 0 Å². The molecule has 5 nitrogen and oxygen atoms in total. The Balaban J connectivity index is 1.44. The average molecular weight is 390 g/mol. The zero-order valence-electron chi connectivity index (χ0n) is 13.6. The predicted octanol–water partition coefficient (Wildman–Crippen LogP) is 3.23. The minimum absolute atomic E-state index is 0.0441. The van der Waals surface area contributed by atoms with Crippen LogP contribution in [0.1, 0.15) is 5.56 Å². The molecule has 134 valence electrons. The maximum Gasteiger partial charge on any atom is 0.259 e. The van der Waals surface area contributed by atoms with E-state index in [1.54, 1.807) is 12.1 Å². The van der Waals surface area contributed by atoms with Gasteiger partial charge in [0.05, 0.1) is 0 Å². The molecular formula is C18H15FN2O3S2. The van der Waals surface area contributed by atoms with E-state index in [1.165, 1.54) is 28.8 Å². The summed E-state index contributed by atoms with van der Waals surface area (Å²) in [6.07, 6.45) is 0.425. The topological polar surface area (TPSA) is 68.3 Å². The third-order valence-electron chi connectivity index (χ3n) is 4.06. The summed E-state index contributed by atoms with van der Waals surface area (Å²) in [6, 6.07) is 13.4. The number of aromatic nitrogens is 1. The highest BCUT2D eigenvalue weighted by atomic mass is 32.2. The van der Waals surface area contributed by atoms with Crippen LogP contribution < -0.4 is 9.46 Å². The number of benzene rings is 2. The summed E-state index contributed by atoms with van der Waals surface area (Å²) < 4.78 is 46.3. The van der Waals surface area contributed by atoms with Crippen molar-refractivity contribution >= 4 is 21.4 Å². The molecule has 2 heterocycles. The van der Waals surface area contributed by atoms with E-state index < -0.39 is 10.0 Å². The number of nitrogens with zero attached hydrogens (tertiary/aromatic N) is 1. The normalized spacial score (nSPS) is 16.3. The number of hydrogen-bond donors (Lipinski definition) is 1. The van der Waals surface area contributed by atoms with Crippen LogP contribution in [0.4, 0.5) is 4.39 Å². The molecule has 4 rings (SSSR count). The molecule has 8 heteroatoms. The van der Waals surface area contributed by atoms with E-state index in [0.717, 1.165) is 11.3 Å². The van der Waals surface area contributed by atoms with E-state index in [4.69, 9.17) is 4.74 Å². The molecule has 1 N–H and O–H groups in total. The van der Waals surface area contributed by atoms with E-state index in [-0.39, 0.29) is 23.5 Å². The second-order valence-electron chi connectivity index (χ2n) is 5.90. The first-order chi connectivity index (χ1) is 12.5. The molecule has 1 aliphatic rings. The summed E-state index contributed by atoms with van der Waals surface area (Å²) in [4.78, 5) is 4.17. The molecule has 0 saturated carbocycles. The average Bonchev–Trinajstić information content (AvgIpc) is 3.28. The fraction of sp³-hybridized carbons (Fsp3) is 0.167. The van der Waals surface area contributed by atoms with Gasteiger partial charge in [-0.25, -0.2) is 22.5 Å². The zero-order chi connectivity index (χ0) is 18.1. The van der Waals surface area contributed by atoms with Crippen LogP contribution in [0.3, 0.4) is 0 Å². The molecular weight excluding hydrogens is 375 g/mol. The monoisotopic (exact) mass is 390 g/mol. The van der Waals surface area contributed by atoms with Crippen LogP contribution >= 0.6 is 11.3 Å². The van der Waals surface area contributed by atoms with Crippen LogP contribution in [0, 0.1) is 5.82 Å². The number of fused-ring (bicyclic) bond motifs is 1. The number of para-hydroxylation sites is 1. The highest BCUT2D eigenvalue weighted by Gasteiger charge is 2.25. The SMILES string of the molecule is O=S(=O)(NCC1Cc2ccccc2O1)c1csc(-c2ccc(F)cc2)n1. The van der Waals surface area contributed by atoms with Crippen LogP contribution in [-0.4, -0.2) is 26.1 Å². The standard InChI is InChI=1S/C18H15FN2O3S2/c19-14-7-5-12(6-8-14)18-21-17(11-25-18)26(22,23)20-10-15-9-13-3-1-2-4-16(13)24-15/h1-8,11,15,20H,9-10H2. The number of sulfonamides is 1. The van der Waals surface area contributed by atoms with E-state index >= 15 is 0 Å². The van der Waals surface area contributed by atoms with Crippen molar-refractivity contribution in [3.63, 3.8) is 0 Å². The third kappa shape index (κ3) is 3.48. The molecule has 0 spiro atoms. The summed E-state index contributed by atoms with van der Waals surface area (Å²) >= 11 is 1.20. The van der Waals surface area contributed by atoms with Crippen molar-refractivity contribution in [2.75, 3.05) is 6.54 Å². The molecule has 0 radical (unpaired) electrons. The van der Waals surface area contributed by atoms with E-state index in [9.17, 15) is 12.8 Å². The van der Waals surface area contributed by atoms with Crippen molar-refractivity contribution in [3.8, 4) is 16.3 Å². The lowest BCUT2D eigenvalue weighted by Crippen LogP contribution is -2.34. The van der Waals surface area contributed by atoms with Gasteiger partial charge in [0.2, 0.25) is 0 Å².